The van der Waals surface area contributed by atoms with Gasteiger partial charge in [0.25, 0.3) is 5.91 Å². The maximum atomic E-state index is 12.0. The minimum atomic E-state index is -1.03. The van der Waals surface area contributed by atoms with Crippen LogP contribution in [0.2, 0.25) is 0 Å². The smallest absolute Gasteiger partial charge is 0.326 e. The van der Waals surface area contributed by atoms with Crippen molar-refractivity contribution < 1.29 is 19.4 Å². The van der Waals surface area contributed by atoms with E-state index in [0.29, 0.717) is 24.3 Å². The van der Waals surface area contributed by atoms with E-state index < -0.39 is 17.9 Å². The summed E-state index contributed by atoms with van der Waals surface area (Å²) in [5.41, 5.74) is 0.318. The number of nitrogens with one attached hydrogen (secondary N) is 1. The highest BCUT2D eigenvalue weighted by atomic mass is 16.5. The molecule has 0 aromatic carbocycles. The molecule has 0 fully saturated rings. The Kier molecular flexibility index (Phi) is 5.69. The SMILES string of the molecule is COc1ccc(C(=O)NC(CCC(C)(C)C)C(=O)O)cn1. The standard InChI is InChI=1S/C15H22N2O4/c1-15(2,3)8-7-11(14(19)20)17-13(18)10-5-6-12(21-4)16-9-10/h5-6,9,11H,7-8H2,1-4H3,(H,17,18)(H,19,20). The lowest BCUT2D eigenvalue weighted by Gasteiger charge is -2.21. The number of nitrogens with zero attached hydrogens (tertiary/aromatic N) is 1. The summed E-state index contributed by atoms with van der Waals surface area (Å²) in [5, 5.41) is 11.7. The second-order valence-corrected chi connectivity index (χ2v) is 6.05. The number of aliphatic carboxylic acids is 1. The van der Waals surface area contributed by atoms with Gasteiger partial charge in [-0.15, -0.1) is 0 Å². The van der Waals surface area contributed by atoms with Crippen molar-refractivity contribution in [1.29, 1.82) is 0 Å². The van der Waals surface area contributed by atoms with Gasteiger partial charge in [0, 0.05) is 12.3 Å². The average Bonchev–Trinajstić information content (AvgIpc) is 2.42. The summed E-state index contributed by atoms with van der Waals surface area (Å²) in [6.45, 7) is 6.09. The fourth-order valence-electron chi connectivity index (χ4n) is 1.71. The van der Waals surface area contributed by atoms with E-state index in [0.717, 1.165) is 0 Å². The molecule has 116 valence electrons. The van der Waals surface area contributed by atoms with Crippen molar-refractivity contribution >= 4 is 11.9 Å². The number of rotatable bonds is 6. The number of aromatic nitrogens is 1. The van der Waals surface area contributed by atoms with Gasteiger partial charge in [-0.25, -0.2) is 9.78 Å². The zero-order chi connectivity index (χ0) is 16.0. The Morgan fingerprint density at radius 3 is 2.48 bits per heavy atom. The van der Waals surface area contributed by atoms with Gasteiger partial charge in [0.1, 0.15) is 6.04 Å². The van der Waals surface area contributed by atoms with E-state index in [4.69, 9.17) is 4.74 Å². The number of hydrogen-bond donors (Lipinski definition) is 2. The Hall–Kier alpha value is -2.11. The predicted molar refractivity (Wildman–Crippen MR) is 78.4 cm³/mol. The first kappa shape index (κ1) is 16.9. The maximum absolute atomic E-state index is 12.0. The third-order valence-corrected chi connectivity index (χ3v) is 2.99. The summed E-state index contributed by atoms with van der Waals surface area (Å²) in [5.74, 6) is -1.09. The molecule has 0 saturated heterocycles. The largest absolute Gasteiger partial charge is 0.481 e. The van der Waals surface area contributed by atoms with Gasteiger partial charge in [0.15, 0.2) is 0 Å². The lowest BCUT2D eigenvalue weighted by molar-refractivity contribution is -0.139. The molecule has 0 aliphatic rings. The van der Waals surface area contributed by atoms with Crippen LogP contribution in [0.3, 0.4) is 0 Å². The number of carbonyl (C=O) groups is 2. The summed E-state index contributed by atoms with van der Waals surface area (Å²) in [4.78, 5) is 27.2. The lowest BCUT2D eigenvalue weighted by atomic mass is 9.88. The monoisotopic (exact) mass is 294 g/mol. The van der Waals surface area contributed by atoms with Gasteiger partial charge < -0.3 is 15.2 Å². The molecule has 1 atom stereocenters. The minimum absolute atomic E-state index is 0.0140. The molecule has 0 spiro atoms. The highest BCUT2D eigenvalue weighted by molar-refractivity contribution is 5.96. The number of carboxylic acid groups (broad SMARTS) is 1. The summed E-state index contributed by atoms with van der Waals surface area (Å²) < 4.78 is 4.91. The van der Waals surface area contributed by atoms with Crippen LogP contribution in [0.5, 0.6) is 5.88 Å². The second-order valence-electron chi connectivity index (χ2n) is 6.05. The number of carboxylic acids is 1. The van der Waals surface area contributed by atoms with Crippen molar-refractivity contribution in [2.24, 2.45) is 5.41 Å². The Labute approximate surface area is 124 Å². The van der Waals surface area contributed by atoms with Gasteiger partial charge in [-0.1, -0.05) is 20.8 Å². The molecule has 0 radical (unpaired) electrons. The van der Waals surface area contributed by atoms with Crippen LogP contribution in [0.25, 0.3) is 0 Å². The zero-order valence-electron chi connectivity index (χ0n) is 12.8. The number of pyridine rings is 1. The Balaban J connectivity index is 2.69. The zero-order valence-corrected chi connectivity index (χ0v) is 12.8. The van der Waals surface area contributed by atoms with Crippen LogP contribution in [-0.2, 0) is 4.79 Å². The summed E-state index contributed by atoms with van der Waals surface area (Å²) in [7, 11) is 1.48. The van der Waals surface area contributed by atoms with Crippen molar-refractivity contribution in [2.75, 3.05) is 7.11 Å². The Morgan fingerprint density at radius 1 is 1.38 bits per heavy atom. The highest BCUT2D eigenvalue weighted by Crippen LogP contribution is 2.21. The average molecular weight is 294 g/mol. The van der Waals surface area contributed by atoms with Gasteiger partial charge in [-0.05, 0) is 24.3 Å². The van der Waals surface area contributed by atoms with Crippen LogP contribution in [0, 0.1) is 5.41 Å². The predicted octanol–water partition coefficient (Wildman–Crippen LogP) is 2.10. The normalized spacial score (nSPS) is 12.6. The summed E-state index contributed by atoms with van der Waals surface area (Å²) in [6.07, 6.45) is 2.44. The fraction of sp³-hybridized carbons (Fsp3) is 0.533. The number of methoxy groups -OCH3 is 1. The van der Waals surface area contributed by atoms with Crippen LogP contribution in [0.4, 0.5) is 0 Å². The van der Waals surface area contributed by atoms with E-state index in [2.05, 4.69) is 10.3 Å². The van der Waals surface area contributed by atoms with E-state index in [1.807, 2.05) is 20.8 Å². The van der Waals surface area contributed by atoms with Crippen LogP contribution >= 0.6 is 0 Å². The molecule has 2 N–H and O–H groups in total. The van der Waals surface area contributed by atoms with Crippen LogP contribution < -0.4 is 10.1 Å². The van der Waals surface area contributed by atoms with E-state index in [-0.39, 0.29) is 5.41 Å². The number of amides is 1. The van der Waals surface area contributed by atoms with Gasteiger partial charge in [-0.2, -0.15) is 0 Å². The molecule has 0 aliphatic heterocycles. The highest BCUT2D eigenvalue weighted by Gasteiger charge is 2.23. The van der Waals surface area contributed by atoms with Crippen LogP contribution in [0.1, 0.15) is 44.0 Å². The van der Waals surface area contributed by atoms with Gasteiger partial charge >= 0.3 is 5.97 Å². The third-order valence-electron chi connectivity index (χ3n) is 2.99. The van der Waals surface area contributed by atoms with Gasteiger partial charge in [0.05, 0.1) is 12.7 Å². The molecule has 1 aromatic heterocycles. The van der Waals surface area contributed by atoms with Crippen molar-refractivity contribution in [3.05, 3.63) is 23.9 Å². The summed E-state index contributed by atoms with van der Waals surface area (Å²) >= 11 is 0. The molecule has 0 aliphatic carbocycles. The quantitative estimate of drug-likeness (QED) is 0.838. The van der Waals surface area contributed by atoms with E-state index >= 15 is 0 Å². The number of carbonyl (C=O) groups excluding carboxylic acids is 1. The number of ether oxygens (including phenoxy) is 1. The lowest BCUT2D eigenvalue weighted by Crippen LogP contribution is -2.41. The first-order chi connectivity index (χ1) is 9.73. The molecule has 1 aromatic rings. The van der Waals surface area contributed by atoms with Crippen molar-refractivity contribution in [1.82, 2.24) is 10.3 Å². The molecule has 1 rings (SSSR count). The molecule has 6 nitrogen and oxygen atoms in total. The topological polar surface area (TPSA) is 88.5 Å². The van der Waals surface area contributed by atoms with E-state index in [9.17, 15) is 14.7 Å². The van der Waals surface area contributed by atoms with E-state index in [1.165, 1.54) is 13.3 Å². The minimum Gasteiger partial charge on any atom is -0.481 e. The molecule has 0 bridgehead atoms. The molecule has 6 heteroatoms. The molecule has 1 heterocycles. The van der Waals surface area contributed by atoms with Crippen molar-refractivity contribution in [2.45, 2.75) is 39.7 Å². The molecule has 1 unspecified atom stereocenters. The van der Waals surface area contributed by atoms with Gasteiger partial charge in [-0.3, -0.25) is 4.79 Å². The summed E-state index contributed by atoms with van der Waals surface area (Å²) in [6, 6.07) is 2.20. The Bertz CT molecular complexity index is 491. The molecule has 1 amide bonds. The molecule has 0 saturated carbocycles. The van der Waals surface area contributed by atoms with Crippen LogP contribution in [-0.4, -0.2) is 35.1 Å². The maximum Gasteiger partial charge on any atom is 0.326 e. The molecular weight excluding hydrogens is 272 g/mol. The molecule has 21 heavy (non-hydrogen) atoms. The van der Waals surface area contributed by atoms with E-state index in [1.54, 1.807) is 12.1 Å². The van der Waals surface area contributed by atoms with Crippen LogP contribution in [0.15, 0.2) is 18.3 Å². The first-order valence-corrected chi connectivity index (χ1v) is 6.76. The van der Waals surface area contributed by atoms with Crippen molar-refractivity contribution in [3.8, 4) is 5.88 Å². The van der Waals surface area contributed by atoms with Crippen molar-refractivity contribution in [3.63, 3.8) is 0 Å². The fourth-order valence-corrected chi connectivity index (χ4v) is 1.71. The van der Waals surface area contributed by atoms with Gasteiger partial charge in [0.2, 0.25) is 5.88 Å². The first-order valence-electron chi connectivity index (χ1n) is 6.76. The second kappa shape index (κ2) is 7.06. The molecular formula is C15H22N2O4. The third kappa shape index (κ3) is 5.81. The Morgan fingerprint density at radius 2 is 2.05 bits per heavy atom. The number of hydrogen-bond acceptors (Lipinski definition) is 4.